The predicted molar refractivity (Wildman–Crippen MR) is 84.2 cm³/mol. The Morgan fingerprint density at radius 3 is 2.65 bits per heavy atom. The molecule has 1 aromatic carbocycles. The van der Waals surface area contributed by atoms with Crippen molar-refractivity contribution in [1.29, 1.82) is 0 Å². The van der Waals surface area contributed by atoms with Crippen LogP contribution in [0, 0.1) is 5.92 Å². The molecule has 0 bridgehead atoms. The van der Waals surface area contributed by atoms with Crippen LogP contribution in [-0.4, -0.2) is 38.2 Å². The van der Waals surface area contributed by atoms with Gasteiger partial charge in [0, 0.05) is 6.04 Å². The molecule has 2 rings (SSSR count). The summed E-state index contributed by atoms with van der Waals surface area (Å²) in [6, 6.07) is 9.23. The van der Waals surface area contributed by atoms with Crippen molar-refractivity contribution in [1.82, 2.24) is 10.2 Å². The van der Waals surface area contributed by atoms with Gasteiger partial charge >= 0.3 is 0 Å². The number of ether oxygens (including phenoxy) is 1. The lowest BCUT2D eigenvalue weighted by molar-refractivity contribution is 0.272. The summed E-state index contributed by atoms with van der Waals surface area (Å²) in [6.07, 6.45) is 2.33. The average molecular weight is 276 g/mol. The molecule has 20 heavy (non-hydrogen) atoms. The van der Waals surface area contributed by atoms with Gasteiger partial charge in [-0.2, -0.15) is 0 Å². The summed E-state index contributed by atoms with van der Waals surface area (Å²) in [6.45, 7) is 8.46. The molecule has 0 radical (unpaired) electrons. The molecule has 2 unspecified atom stereocenters. The fourth-order valence-corrected chi connectivity index (χ4v) is 3.08. The van der Waals surface area contributed by atoms with Crippen molar-refractivity contribution < 1.29 is 4.74 Å². The van der Waals surface area contributed by atoms with E-state index in [1.165, 1.54) is 18.5 Å². The highest BCUT2D eigenvalue weighted by Gasteiger charge is 2.32. The highest BCUT2D eigenvalue weighted by molar-refractivity contribution is 5.30. The van der Waals surface area contributed by atoms with Crippen molar-refractivity contribution >= 4 is 0 Å². The summed E-state index contributed by atoms with van der Waals surface area (Å²) >= 11 is 0. The van der Waals surface area contributed by atoms with E-state index in [0.29, 0.717) is 12.0 Å². The van der Waals surface area contributed by atoms with Crippen LogP contribution in [-0.2, 0) is 0 Å². The summed E-state index contributed by atoms with van der Waals surface area (Å²) in [5, 5.41) is 3.50. The van der Waals surface area contributed by atoms with Crippen LogP contribution in [0.3, 0.4) is 0 Å². The van der Waals surface area contributed by atoms with Crippen molar-refractivity contribution in [2.75, 3.05) is 33.3 Å². The van der Waals surface area contributed by atoms with Gasteiger partial charge in [0.1, 0.15) is 5.75 Å². The van der Waals surface area contributed by atoms with Crippen molar-refractivity contribution in [3.05, 3.63) is 29.8 Å². The first kappa shape index (κ1) is 15.3. The molecule has 1 N–H and O–H groups in total. The van der Waals surface area contributed by atoms with Gasteiger partial charge in [0.25, 0.3) is 0 Å². The van der Waals surface area contributed by atoms with Crippen molar-refractivity contribution in [3.63, 3.8) is 0 Å². The molecule has 1 heterocycles. The van der Waals surface area contributed by atoms with E-state index >= 15 is 0 Å². The summed E-state index contributed by atoms with van der Waals surface area (Å²) in [5.74, 6) is 1.70. The molecule has 1 saturated heterocycles. The standard InChI is InChI=1S/C17H28N2O/c1-4-12-20-16-8-6-14(7-9-16)17-15(13-18-5-2)10-11-19(17)3/h6-9,15,17-18H,4-5,10-13H2,1-3H3. The molecular formula is C17H28N2O. The molecule has 0 aromatic heterocycles. The van der Waals surface area contributed by atoms with E-state index in [0.717, 1.165) is 31.9 Å². The lowest BCUT2D eigenvalue weighted by Gasteiger charge is -2.26. The molecule has 112 valence electrons. The number of rotatable bonds is 7. The van der Waals surface area contributed by atoms with Crippen molar-refractivity contribution in [2.45, 2.75) is 32.7 Å². The number of likely N-dealkylation sites (tertiary alicyclic amines) is 1. The van der Waals surface area contributed by atoms with Crippen LogP contribution in [0.2, 0.25) is 0 Å². The lowest BCUT2D eigenvalue weighted by Crippen LogP contribution is -2.28. The van der Waals surface area contributed by atoms with Crippen LogP contribution < -0.4 is 10.1 Å². The predicted octanol–water partition coefficient (Wildman–Crippen LogP) is 3.08. The molecule has 1 aromatic rings. The SMILES string of the molecule is CCCOc1ccc(C2C(CNCC)CCN2C)cc1. The Morgan fingerprint density at radius 2 is 2.00 bits per heavy atom. The Hall–Kier alpha value is -1.06. The van der Waals surface area contributed by atoms with E-state index in [-0.39, 0.29) is 0 Å². The highest BCUT2D eigenvalue weighted by atomic mass is 16.5. The molecule has 3 nitrogen and oxygen atoms in total. The molecule has 1 aliphatic heterocycles. The van der Waals surface area contributed by atoms with Gasteiger partial charge in [0.05, 0.1) is 6.61 Å². The minimum absolute atomic E-state index is 0.536. The second-order valence-electron chi connectivity index (χ2n) is 5.70. The normalized spacial score (nSPS) is 23.1. The van der Waals surface area contributed by atoms with Gasteiger partial charge in [-0.25, -0.2) is 0 Å². The molecule has 0 saturated carbocycles. The van der Waals surface area contributed by atoms with Gasteiger partial charge in [0.15, 0.2) is 0 Å². The van der Waals surface area contributed by atoms with Crippen LogP contribution >= 0.6 is 0 Å². The van der Waals surface area contributed by atoms with E-state index in [9.17, 15) is 0 Å². The maximum absolute atomic E-state index is 5.67. The van der Waals surface area contributed by atoms with Gasteiger partial charge in [-0.3, -0.25) is 4.90 Å². The molecule has 1 aliphatic rings. The van der Waals surface area contributed by atoms with Gasteiger partial charge < -0.3 is 10.1 Å². The largest absolute Gasteiger partial charge is 0.494 e. The van der Waals surface area contributed by atoms with Crippen LogP contribution in [0.5, 0.6) is 5.75 Å². The molecule has 2 atom stereocenters. The smallest absolute Gasteiger partial charge is 0.119 e. The summed E-state index contributed by atoms with van der Waals surface area (Å²) < 4.78 is 5.67. The number of hydrogen-bond acceptors (Lipinski definition) is 3. The second-order valence-corrected chi connectivity index (χ2v) is 5.70. The Bertz CT molecular complexity index is 390. The van der Waals surface area contributed by atoms with E-state index < -0.39 is 0 Å². The first-order valence-electron chi connectivity index (χ1n) is 7.90. The fraction of sp³-hybridized carbons (Fsp3) is 0.647. The van der Waals surface area contributed by atoms with Crippen LogP contribution in [0.25, 0.3) is 0 Å². The second kappa shape index (κ2) is 7.65. The van der Waals surface area contributed by atoms with Gasteiger partial charge in [-0.15, -0.1) is 0 Å². The highest BCUT2D eigenvalue weighted by Crippen LogP contribution is 2.36. The Kier molecular flexibility index (Phi) is 5.86. The van der Waals surface area contributed by atoms with Crippen molar-refractivity contribution in [2.24, 2.45) is 5.92 Å². The summed E-state index contributed by atoms with van der Waals surface area (Å²) in [7, 11) is 2.23. The van der Waals surface area contributed by atoms with Crippen LogP contribution in [0.15, 0.2) is 24.3 Å². The zero-order valence-corrected chi connectivity index (χ0v) is 13.1. The third-order valence-corrected chi connectivity index (χ3v) is 4.12. The quantitative estimate of drug-likeness (QED) is 0.828. The molecule has 0 spiro atoms. The Balaban J connectivity index is 2.03. The average Bonchev–Trinajstić information content (AvgIpc) is 2.84. The van der Waals surface area contributed by atoms with Gasteiger partial charge in [-0.1, -0.05) is 26.0 Å². The summed E-state index contributed by atoms with van der Waals surface area (Å²) in [5.41, 5.74) is 1.41. The Morgan fingerprint density at radius 1 is 1.25 bits per heavy atom. The lowest BCUT2D eigenvalue weighted by atomic mass is 9.93. The summed E-state index contributed by atoms with van der Waals surface area (Å²) in [4.78, 5) is 2.48. The molecular weight excluding hydrogens is 248 g/mol. The maximum atomic E-state index is 5.67. The van der Waals surface area contributed by atoms with Crippen LogP contribution in [0.4, 0.5) is 0 Å². The van der Waals surface area contributed by atoms with E-state index in [1.54, 1.807) is 0 Å². The third kappa shape index (κ3) is 3.74. The monoisotopic (exact) mass is 276 g/mol. The molecule has 0 amide bonds. The number of nitrogens with zero attached hydrogens (tertiary/aromatic N) is 1. The first-order chi connectivity index (χ1) is 9.76. The first-order valence-corrected chi connectivity index (χ1v) is 7.90. The molecule has 3 heteroatoms. The maximum Gasteiger partial charge on any atom is 0.119 e. The minimum atomic E-state index is 0.536. The van der Waals surface area contributed by atoms with Gasteiger partial charge in [0.2, 0.25) is 0 Å². The van der Waals surface area contributed by atoms with E-state index in [2.05, 4.69) is 55.4 Å². The number of hydrogen-bond donors (Lipinski definition) is 1. The third-order valence-electron chi connectivity index (χ3n) is 4.12. The number of nitrogens with one attached hydrogen (secondary N) is 1. The molecule has 1 fully saturated rings. The van der Waals surface area contributed by atoms with Crippen LogP contribution in [0.1, 0.15) is 38.3 Å². The topological polar surface area (TPSA) is 24.5 Å². The van der Waals surface area contributed by atoms with Crippen molar-refractivity contribution in [3.8, 4) is 5.75 Å². The zero-order valence-electron chi connectivity index (χ0n) is 13.1. The van der Waals surface area contributed by atoms with E-state index in [4.69, 9.17) is 4.74 Å². The van der Waals surface area contributed by atoms with Gasteiger partial charge in [-0.05, 0) is 63.1 Å². The fourth-order valence-electron chi connectivity index (χ4n) is 3.08. The molecule has 0 aliphatic carbocycles. The Labute approximate surface area is 123 Å². The minimum Gasteiger partial charge on any atom is -0.494 e. The zero-order chi connectivity index (χ0) is 14.4. The number of benzene rings is 1. The van der Waals surface area contributed by atoms with E-state index in [1.807, 2.05) is 0 Å².